The number of amides is 1. The second-order valence-corrected chi connectivity index (χ2v) is 3.51. The van der Waals surface area contributed by atoms with Crippen LogP contribution in [0.25, 0.3) is 0 Å². The minimum absolute atomic E-state index is 0.000974. The number of anilines is 1. The molecule has 1 aromatic carbocycles. The average molecular weight is 259 g/mol. The number of likely N-dealkylation sites (N-methyl/N-ethyl adjacent to an activating group) is 1. The van der Waals surface area contributed by atoms with Gasteiger partial charge in [0.05, 0.1) is 4.47 Å². The van der Waals surface area contributed by atoms with E-state index in [0.717, 1.165) is 4.47 Å². The van der Waals surface area contributed by atoms with E-state index in [-0.39, 0.29) is 12.5 Å². The van der Waals surface area contributed by atoms with Crippen LogP contribution in [0.3, 0.4) is 0 Å². The molecule has 0 saturated carbocycles. The normalized spacial score (nSPS) is 9.57. The van der Waals surface area contributed by atoms with Crippen LogP contribution in [-0.4, -0.2) is 19.6 Å². The van der Waals surface area contributed by atoms with Crippen LogP contribution in [0.2, 0.25) is 0 Å². The van der Waals surface area contributed by atoms with Crippen LogP contribution in [0.5, 0.6) is 5.75 Å². The fourth-order valence-electron chi connectivity index (χ4n) is 0.850. The predicted molar refractivity (Wildman–Crippen MR) is 58.1 cm³/mol. The number of nitrogens with two attached hydrogens (primary N) is 1. The van der Waals surface area contributed by atoms with Gasteiger partial charge in [0.2, 0.25) is 0 Å². The first-order valence-corrected chi connectivity index (χ1v) is 4.81. The second-order valence-electron chi connectivity index (χ2n) is 2.65. The Morgan fingerprint density at radius 1 is 1.64 bits per heavy atom. The third-order valence-electron chi connectivity index (χ3n) is 1.59. The van der Waals surface area contributed by atoms with E-state index in [9.17, 15) is 4.79 Å². The molecule has 1 rings (SSSR count). The van der Waals surface area contributed by atoms with Gasteiger partial charge < -0.3 is 15.8 Å². The maximum absolute atomic E-state index is 10.9. The predicted octanol–water partition coefficient (Wildman–Crippen LogP) is 1.16. The molecule has 1 aromatic rings. The summed E-state index contributed by atoms with van der Waals surface area (Å²) in [6, 6.07) is 5.14. The molecule has 0 aromatic heterocycles. The molecule has 0 saturated heterocycles. The highest BCUT2D eigenvalue weighted by Crippen LogP contribution is 2.26. The van der Waals surface area contributed by atoms with Crippen molar-refractivity contribution in [1.29, 1.82) is 0 Å². The van der Waals surface area contributed by atoms with Crippen molar-refractivity contribution in [1.82, 2.24) is 5.32 Å². The van der Waals surface area contributed by atoms with E-state index in [1.165, 1.54) is 0 Å². The van der Waals surface area contributed by atoms with Gasteiger partial charge in [-0.15, -0.1) is 0 Å². The van der Waals surface area contributed by atoms with Gasteiger partial charge in [-0.25, -0.2) is 0 Å². The Morgan fingerprint density at radius 2 is 2.36 bits per heavy atom. The van der Waals surface area contributed by atoms with E-state index in [2.05, 4.69) is 21.2 Å². The quantitative estimate of drug-likeness (QED) is 0.800. The molecular formula is C9H11BrN2O2. The summed E-state index contributed by atoms with van der Waals surface area (Å²) in [6.45, 7) is -0.000974. The smallest absolute Gasteiger partial charge is 0.257 e. The minimum atomic E-state index is -0.172. The molecule has 5 heteroatoms. The van der Waals surface area contributed by atoms with E-state index in [1.54, 1.807) is 25.2 Å². The highest BCUT2D eigenvalue weighted by atomic mass is 79.9. The molecule has 0 aliphatic rings. The summed E-state index contributed by atoms with van der Waals surface area (Å²) in [6.07, 6.45) is 0. The van der Waals surface area contributed by atoms with Gasteiger partial charge in [0, 0.05) is 12.7 Å². The number of nitrogen functional groups attached to an aromatic ring is 1. The molecule has 4 nitrogen and oxygen atoms in total. The van der Waals surface area contributed by atoms with E-state index >= 15 is 0 Å². The van der Waals surface area contributed by atoms with E-state index in [1.807, 2.05) is 0 Å². The number of nitrogens with one attached hydrogen (secondary N) is 1. The van der Waals surface area contributed by atoms with Crippen molar-refractivity contribution >= 4 is 27.5 Å². The lowest BCUT2D eigenvalue weighted by atomic mass is 10.3. The van der Waals surface area contributed by atoms with E-state index < -0.39 is 0 Å². The Morgan fingerprint density at radius 3 is 2.93 bits per heavy atom. The van der Waals surface area contributed by atoms with Gasteiger partial charge in [0.15, 0.2) is 6.61 Å². The number of carbonyl (C=O) groups is 1. The zero-order valence-electron chi connectivity index (χ0n) is 7.71. The lowest BCUT2D eigenvalue weighted by molar-refractivity contribution is -0.122. The van der Waals surface area contributed by atoms with Gasteiger partial charge in [-0.2, -0.15) is 0 Å². The third-order valence-corrected chi connectivity index (χ3v) is 2.21. The molecule has 0 heterocycles. The number of hydrogen-bond donors (Lipinski definition) is 2. The standard InChI is InChI=1S/C9H11BrN2O2/c1-12-9(13)5-14-8-3-2-6(11)4-7(8)10/h2-4H,5,11H2,1H3,(H,12,13). The van der Waals surface area contributed by atoms with Gasteiger partial charge in [0.25, 0.3) is 5.91 Å². The Balaban J connectivity index is 2.63. The van der Waals surface area contributed by atoms with Gasteiger partial charge in [-0.3, -0.25) is 4.79 Å². The molecule has 1 amide bonds. The molecule has 0 spiro atoms. The van der Waals surface area contributed by atoms with Crippen LogP contribution in [0.4, 0.5) is 5.69 Å². The van der Waals surface area contributed by atoms with Gasteiger partial charge in [-0.1, -0.05) is 0 Å². The monoisotopic (exact) mass is 258 g/mol. The lowest BCUT2D eigenvalue weighted by Gasteiger charge is -2.07. The number of halogens is 1. The SMILES string of the molecule is CNC(=O)COc1ccc(N)cc1Br. The molecule has 0 atom stereocenters. The first kappa shape index (κ1) is 10.8. The molecule has 0 aliphatic carbocycles. The van der Waals surface area contributed by atoms with Gasteiger partial charge in [-0.05, 0) is 34.1 Å². The number of benzene rings is 1. The first-order chi connectivity index (χ1) is 6.63. The number of hydrogen-bond acceptors (Lipinski definition) is 3. The number of rotatable bonds is 3. The van der Waals surface area contributed by atoms with Crippen molar-refractivity contribution in [2.45, 2.75) is 0 Å². The van der Waals surface area contributed by atoms with E-state index in [4.69, 9.17) is 10.5 Å². The van der Waals surface area contributed by atoms with Crippen molar-refractivity contribution in [3.05, 3.63) is 22.7 Å². The highest BCUT2D eigenvalue weighted by molar-refractivity contribution is 9.10. The molecule has 3 N–H and O–H groups in total. The maximum atomic E-state index is 10.9. The first-order valence-electron chi connectivity index (χ1n) is 4.02. The largest absolute Gasteiger partial charge is 0.483 e. The van der Waals surface area contributed by atoms with Crippen LogP contribution in [-0.2, 0) is 4.79 Å². The Labute approximate surface area is 90.6 Å². The van der Waals surface area contributed by atoms with Gasteiger partial charge >= 0.3 is 0 Å². The number of carbonyl (C=O) groups excluding carboxylic acids is 1. The summed E-state index contributed by atoms with van der Waals surface area (Å²) in [5.41, 5.74) is 6.19. The average Bonchev–Trinajstić information content (AvgIpc) is 2.16. The molecule has 0 bridgehead atoms. The van der Waals surface area contributed by atoms with Crippen LogP contribution >= 0.6 is 15.9 Å². The van der Waals surface area contributed by atoms with Gasteiger partial charge in [0.1, 0.15) is 5.75 Å². The summed E-state index contributed by atoms with van der Waals surface area (Å²) in [4.78, 5) is 10.9. The Kier molecular flexibility index (Phi) is 3.76. The summed E-state index contributed by atoms with van der Waals surface area (Å²) < 4.78 is 5.97. The second kappa shape index (κ2) is 4.85. The van der Waals surface area contributed by atoms with E-state index in [0.29, 0.717) is 11.4 Å². The topological polar surface area (TPSA) is 64.3 Å². The minimum Gasteiger partial charge on any atom is -0.483 e. The van der Waals surface area contributed by atoms with Crippen LogP contribution in [0.1, 0.15) is 0 Å². The van der Waals surface area contributed by atoms with Crippen molar-refractivity contribution < 1.29 is 9.53 Å². The number of ether oxygens (including phenoxy) is 1. The van der Waals surface area contributed by atoms with Crippen molar-refractivity contribution in [2.24, 2.45) is 0 Å². The summed E-state index contributed by atoms with van der Waals surface area (Å²) in [5.74, 6) is 0.427. The maximum Gasteiger partial charge on any atom is 0.257 e. The summed E-state index contributed by atoms with van der Waals surface area (Å²) in [5, 5.41) is 2.46. The fraction of sp³-hybridized carbons (Fsp3) is 0.222. The van der Waals surface area contributed by atoms with Crippen LogP contribution in [0, 0.1) is 0 Å². The zero-order chi connectivity index (χ0) is 10.6. The molecule has 0 unspecified atom stereocenters. The molecule has 14 heavy (non-hydrogen) atoms. The van der Waals surface area contributed by atoms with Crippen LogP contribution < -0.4 is 15.8 Å². The van der Waals surface area contributed by atoms with Crippen molar-refractivity contribution in [2.75, 3.05) is 19.4 Å². The Hall–Kier alpha value is -1.23. The molecule has 0 radical (unpaired) electrons. The van der Waals surface area contributed by atoms with Crippen molar-refractivity contribution in [3.63, 3.8) is 0 Å². The third kappa shape index (κ3) is 2.92. The molecule has 76 valence electrons. The molecular weight excluding hydrogens is 248 g/mol. The fourth-order valence-corrected chi connectivity index (χ4v) is 1.36. The summed E-state index contributed by atoms with van der Waals surface area (Å²) >= 11 is 3.28. The molecule has 0 aliphatic heterocycles. The van der Waals surface area contributed by atoms with Crippen LogP contribution in [0.15, 0.2) is 22.7 Å². The Bertz CT molecular complexity index is 342. The lowest BCUT2D eigenvalue weighted by Crippen LogP contribution is -2.24. The molecule has 0 fully saturated rings. The highest BCUT2D eigenvalue weighted by Gasteiger charge is 2.03. The summed E-state index contributed by atoms with van der Waals surface area (Å²) in [7, 11) is 1.56. The zero-order valence-corrected chi connectivity index (χ0v) is 9.30. The van der Waals surface area contributed by atoms with Crippen molar-refractivity contribution in [3.8, 4) is 5.75 Å².